The van der Waals surface area contributed by atoms with Crippen LogP contribution < -0.4 is 11.2 Å². The van der Waals surface area contributed by atoms with Crippen molar-refractivity contribution in [1.29, 1.82) is 0 Å². The van der Waals surface area contributed by atoms with Gasteiger partial charge < -0.3 is 14.3 Å². The number of esters is 1. The summed E-state index contributed by atoms with van der Waals surface area (Å²) in [6.45, 7) is 1.13. The Kier molecular flexibility index (Phi) is 4.59. The number of aromatic nitrogens is 2. The van der Waals surface area contributed by atoms with Crippen LogP contribution in [0, 0.1) is 6.92 Å². The number of carbonyl (C=O) groups excluding carboxylic acids is 1. The number of carbonyl (C=O) groups is 1. The Hall–Kier alpha value is -3.94. The summed E-state index contributed by atoms with van der Waals surface area (Å²) < 4.78 is 11.6. The van der Waals surface area contributed by atoms with Gasteiger partial charge in [-0.3, -0.25) is 14.2 Å². The summed E-state index contributed by atoms with van der Waals surface area (Å²) in [4.78, 5) is 40.7. The fraction of sp³-hybridized carbons (Fsp3) is 0.143. The number of phenols is 1. The molecule has 0 saturated heterocycles. The molecular weight excluding hydrogens is 376 g/mol. The number of aromatic hydroxyl groups is 1. The van der Waals surface area contributed by atoms with Crippen molar-refractivity contribution in [2.75, 3.05) is 0 Å². The third-order valence-corrected chi connectivity index (χ3v) is 4.64. The summed E-state index contributed by atoms with van der Waals surface area (Å²) in [7, 11) is 0. The molecular formula is C21H16N2O6. The summed E-state index contributed by atoms with van der Waals surface area (Å²) in [5, 5.41) is 10.8. The Balaban J connectivity index is 1.57. The quantitative estimate of drug-likeness (QED) is 0.419. The minimum absolute atomic E-state index is 0.00188. The van der Waals surface area contributed by atoms with Crippen molar-refractivity contribution >= 4 is 27.8 Å². The Morgan fingerprint density at radius 2 is 1.97 bits per heavy atom. The SMILES string of the molecule is Cc1c(O)ccc2c(COC(=O)Cn3cnc4ccccc4c3=O)cc(=O)oc12. The summed E-state index contributed by atoms with van der Waals surface area (Å²) in [5.74, 6) is -0.654. The van der Waals surface area contributed by atoms with Crippen molar-refractivity contribution in [3.63, 3.8) is 0 Å². The number of aryl methyl sites for hydroxylation is 1. The van der Waals surface area contributed by atoms with Crippen LogP contribution in [0.4, 0.5) is 0 Å². The first-order valence-electron chi connectivity index (χ1n) is 8.79. The number of benzene rings is 2. The third kappa shape index (κ3) is 3.47. The first-order valence-corrected chi connectivity index (χ1v) is 8.79. The Labute approximate surface area is 163 Å². The van der Waals surface area contributed by atoms with E-state index in [1.807, 2.05) is 0 Å². The van der Waals surface area contributed by atoms with Gasteiger partial charge in [0, 0.05) is 22.6 Å². The molecule has 2 aromatic carbocycles. The van der Waals surface area contributed by atoms with Crippen LogP contribution in [0.25, 0.3) is 21.9 Å². The fourth-order valence-electron chi connectivity index (χ4n) is 3.10. The van der Waals surface area contributed by atoms with Gasteiger partial charge in [0.05, 0.1) is 17.2 Å². The molecule has 8 nitrogen and oxygen atoms in total. The highest BCUT2D eigenvalue weighted by Gasteiger charge is 2.13. The largest absolute Gasteiger partial charge is 0.508 e. The van der Waals surface area contributed by atoms with E-state index in [1.165, 1.54) is 23.0 Å². The van der Waals surface area contributed by atoms with Crippen LogP contribution in [-0.4, -0.2) is 20.6 Å². The molecule has 0 aliphatic carbocycles. The summed E-state index contributed by atoms with van der Waals surface area (Å²) >= 11 is 0. The second-order valence-electron chi connectivity index (χ2n) is 6.53. The predicted octanol–water partition coefficient (Wildman–Crippen LogP) is 2.26. The average Bonchev–Trinajstić information content (AvgIpc) is 2.71. The normalized spacial score (nSPS) is 11.1. The maximum Gasteiger partial charge on any atom is 0.336 e. The summed E-state index contributed by atoms with van der Waals surface area (Å²) in [5.41, 5.74) is 0.677. The Morgan fingerprint density at radius 3 is 2.79 bits per heavy atom. The van der Waals surface area contributed by atoms with Crippen molar-refractivity contribution < 1.29 is 19.1 Å². The number of nitrogens with zero attached hydrogens (tertiary/aromatic N) is 2. The smallest absolute Gasteiger partial charge is 0.336 e. The fourth-order valence-corrected chi connectivity index (χ4v) is 3.10. The zero-order valence-electron chi connectivity index (χ0n) is 15.4. The van der Waals surface area contributed by atoms with Gasteiger partial charge in [-0.25, -0.2) is 9.78 Å². The first kappa shape index (κ1) is 18.4. The molecule has 0 spiro atoms. The van der Waals surface area contributed by atoms with E-state index in [0.29, 0.717) is 27.4 Å². The molecule has 146 valence electrons. The Bertz CT molecular complexity index is 1370. The topological polar surface area (TPSA) is 112 Å². The summed E-state index contributed by atoms with van der Waals surface area (Å²) in [6.07, 6.45) is 1.30. The number of fused-ring (bicyclic) bond motifs is 2. The lowest BCUT2D eigenvalue weighted by molar-refractivity contribution is -0.145. The highest BCUT2D eigenvalue weighted by atomic mass is 16.5. The summed E-state index contributed by atoms with van der Waals surface area (Å²) in [6, 6.07) is 11.1. The monoisotopic (exact) mass is 392 g/mol. The Morgan fingerprint density at radius 1 is 1.17 bits per heavy atom. The van der Waals surface area contributed by atoms with Gasteiger partial charge in [-0.1, -0.05) is 12.1 Å². The van der Waals surface area contributed by atoms with Gasteiger partial charge in [-0.2, -0.15) is 0 Å². The standard InChI is InChI=1S/C21H16N2O6/c1-12-17(24)7-6-14-13(8-18(25)29-20(12)14)10-28-19(26)9-23-11-22-16-5-3-2-4-15(16)21(23)27/h2-8,11,24H,9-10H2,1H3. The lowest BCUT2D eigenvalue weighted by atomic mass is 10.1. The molecule has 0 bridgehead atoms. The molecule has 0 amide bonds. The van der Waals surface area contributed by atoms with E-state index in [2.05, 4.69) is 4.98 Å². The lowest BCUT2D eigenvalue weighted by Gasteiger charge is -2.10. The molecule has 1 N–H and O–H groups in total. The second-order valence-corrected chi connectivity index (χ2v) is 6.53. The highest BCUT2D eigenvalue weighted by Crippen LogP contribution is 2.27. The number of hydrogen-bond acceptors (Lipinski definition) is 7. The molecule has 4 rings (SSSR count). The van der Waals surface area contributed by atoms with Crippen LogP contribution >= 0.6 is 0 Å². The minimum Gasteiger partial charge on any atom is -0.508 e. The van der Waals surface area contributed by atoms with Crippen molar-refractivity contribution in [3.05, 3.63) is 80.7 Å². The molecule has 0 fully saturated rings. The van der Waals surface area contributed by atoms with Crippen molar-refractivity contribution in [2.24, 2.45) is 0 Å². The van der Waals surface area contributed by atoms with Crippen LogP contribution in [0.15, 0.2) is 62.8 Å². The molecule has 0 aliphatic heterocycles. The molecule has 0 aliphatic rings. The number of ether oxygens (including phenoxy) is 1. The maximum absolute atomic E-state index is 12.5. The van der Waals surface area contributed by atoms with E-state index in [0.717, 1.165) is 0 Å². The second kappa shape index (κ2) is 7.23. The molecule has 0 saturated carbocycles. The van der Waals surface area contributed by atoms with E-state index in [-0.39, 0.29) is 30.0 Å². The van der Waals surface area contributed by atoms with E-state index >= 15 is 0 Å². The van der Waals surface area contributed by atoms with E-state index in [4.69, 9.17) is 9.15 Å². The number of para-hydroxylation sites is 1. The molecule has 8 heteroatoms. The molecule has 0 radical (unpaired) electrons. The number of hydrogen-bond donors (Lipinski definition) is 1. The van der Waals surface area contributed by atoms with E-state index in [9.17, 15) is 19.5 Å². The molecule has 2 aromatic heterocycles. The van der Waals surface area contributed by atoms with Crippen LogP contribution in [0.2, 0.25) is 0 Å². The predicted molar refractivity (Wildman–Crippen MR) is 105 cm³/mol. The van der Waals surface area contributed by atoms with E-state index < -0.39 is 11.6 Å². The maximum atomic E-state index is 12.5. The van der Waals surface area contributed by atoms with E-state index in [1.54, 1.807) is 37.3 Å². The van der Waals surface area contributed by atoms with Gasteiger partial charge in [0.25, 0.3) is 5.56 Å². The van der Waals surface area contributed by atoms with Crippen LogP contribution in [0.1, 0.15) is 11.1 Å². The minimum atomic E-state index is -0.652. The van der Waals surface area contributed by atoms with Crippen LogP contribution in [0.3, 0.4) is 0 Å². The van der Waals surface area contributed by atoms with Crippen LogP contribution in [0.5, 0.6) is 5.75 Å². The zero-order chi connectivity index (χ0) is 20.5. The molecule has 29 heavy (non-hydrogen) atoms. The molecule has 0 atom stereocenters. The van der Waals surface area contributed by atoms with Crippen molar-refractivity contribution in [1.82, 2.24) is 9.55 Å². The van der Waals surface area contributed by atoms with Gasteiger partial charge in [0.1, 0.15) is 24.5 Å². The average molecular weight is 392 g/mol. The molecule has 0 unspecified atom stereocenters. The highest BCUT2D eigenvalue weighted by molar-refractivity contribution is 5.85. The first-order chi connectivity index (χ1) is 13.9. The van der Waals surface area contributed by atoms with Crippen molar-refractivity contribution in [2.45, 2.75) is 20.1 Å². The third-order valence-electron chi connectivity index (χ3n) is 4.64. The molecule has 4 aromatic rings. The molecule has 2 heterocycles. The zero-order valence-corrected chi connectivity index (χ0v) is 15.4. The van der Waals surface area contributed by atoms with Crippen molar-refractivity contribution in [3.8, 4) is 5.75 Å². The van der Waals surface area contributed by atoms with Gasteiger partial charge in [0.15, 0.2) is 0 Å². The van der Waals surface area contributed by atoms with Gasteiger partial charge in [-0.15, -0.1) is 0 Å². The van der Waals surface area contributed by atoms with Gasteiger partial charge in [-0.05, 0) is 31.2 Å². The lowest BCUT2D eigenvalue weighted by Crippen LogP contribution is -2.25. The number of rotatable bonds is 4. The van der Waals surface area contributed by atoms with Gasteiger partial charge in [0.2, 0.25) is 0 Å². The van der Waals surface area contributed by atoms with Crippen LogP contribution in [-0.2, 0) is 22.7 Å². The number of phenolic OH excluding ortho intramolecular Hbond substituents is 1. The van der Waals surface area contributed by atoms with Gasteiger partial charge >= 0.3 is 11.6 Å².